The van der Waals surface area contributed by atoms with Gasteiger partial charge >= 0.3 is 0 Å². The molecule has 3 unspecified atom stereocenters. The predicted octanol–water partition coefficient (Wildman–Crippen LogP) is 6.64. The Kier molecular flexibility index (Phi) is 7.39. The van der Waals surface area contributed by atoms with Crippen LogP contribution < -0.4 is 0 Å². The van der Waals surface area contributed by atoms with Crippen LogP contribution in [0.5, 0.6) is 5.75 Å². The molecule has 1 aliphatic heterocycles. The first kappa shape index (κ1) is 25.5. The molecule has 2 aliphatic rings. The molecule has 1 saturated carbocycles. The summed E-state index contributed by atoms with van der Waals surface area (Å²) in [6.07, 6.45) is 6.06. The van der Waals surface area contributed by atoms with E-state index >= 15 is 0 Å². The molecular weight excluding hydrogens is 456 g/mol. The molecule has 1 N–H and O–H groups in total. The van der Waals surface area contributed by atoms with Crippen LogP contribution in [0.15, 0.2) is 79.4 Å². The molecule has 2 fully saturated rings. The van der Waals surface area contributed by atoms with E-state index in [9.17, 15) is 9.90 Å². The van der Waals surface area contributed by atoms with Crippen LogP contribution in [-0.2, 0) is 5.41 Å². The van der Waals surface area contributed by atoms with Crippen LogP contribution in [0.3, 0.4) is 0 Å². The first-order valence-electron chi connectivity index (χ1n) is 13.8. The van der Waals surface area contributed by atoms with Gasteiger partial charge in [0.2, 0.25) is 0 Å². The summed E-state index contributed by atoms with van der Waals surface area (Å²) in [6, 6.07) is 22.4. The minimum Gasteiger partial charge on any atom is -0.508 e. The molecule has 4 heteroatoms. The lowest BCUT2D eigenvalue weighted by Gasteiger charge is -2.54. The van der Waals surface area contributed by atoms with Crippen LogP contribution in [0.25, 0.3) is 10.8 Å². The monoisotopic (exact) mass is 496 g/mol. The number of piperidine rings is 1. The number of phenolic OH excluding ortho intramolecular Hbond substituents is 1. The largest absolute Gasteiger partial charge is 0.508 e. The Hall–Kier alpha value is -3.11. The van der Waals surface area contributed by atoms with E-state index in [4.69, 9.17) is 0 Å². The van der Waals surface area contributed by atoms with Gasteiger partial charge in [0.05, 0.1) is 0 Å². The van der Waals surface area contributed by atoms with Crippen LogP contribution in [0.1, 0.15) is 55.5 Å². The maximum absolute atomic E-state index is 14.1. The molecule has 194 valence electrons. The summed E-state index contributed by atoms with van der Waals surface area (Å²) in [4.78, 5) is 18.8. The zero-order valence-electron chi connectivity index (χ0n) is 22.3. The third-order valence-corrected chi connectivity index (χ3v) is 8.65. The summed E-state index contributed by atoms with van der Waals surface area (Å²) in [5.41, 5.74) is 1.95. The number of hydrogen-bond donors (Lipinski definition) is 1. The van der Waals surface area contributed by atoms with Crippen molar-refractivity contribution in [1.82, 2.24) is 9.80 Å². The summed E-state index contributed by atoms with van der Waals surface area (Å²) >= 11 is 0. The standard InChI is InChI=1S/C33H40N2O2/c1-4-17-34-18-16-33(28-10-7-11-31(36)20-28)21-30(15-14-29(33)23-34)35(22-24(2)3)32(37)27-13-12-25-8-5-6-9-26(25)19-27/h4-13,19-20,24,29-30,36H,1,14-18,21-23H2,2-3H3. The second-order valence-electron chi connectivity index (χ2n) is 11.6. The number of carbonyl (C=O) groups excluding carboxylic acids is 1. The number of benzene rings is 3. The number of hydrogen-bond acceptors (Lipinski definition) is 3. The van der Waals surface area contributed by atoms with Crippen LogP contribution >= 0.6 is 0 Å². The molecule has 3 aromatic rings. The Labute approximate surface area is 221 Å². The van der Waals surface area contributed by atoms with Crippen LogP contribution in [0, 0.1) is 11.8 Å². The van der Waals surface area contributed by atoms with Crippen molar-refractivity contribution < 1.29 is 9.90 Å². The highest BCUT2D eigenvalue weighted by Crippen LogP contribution is 2.50. The minimum absolute atomic E-state index is 0.0434. The van der Waals surface area contributed by atoms with E-state index in [1.807, 2.05) is 36.4 Å². The quantitative estimate of drug-likeness (QED) is 0.373. The second-order valence-corrected chi connectivity index (χ2v) is 11.6. The molecule has 0 radical (unpaired) electrons. The van der Waals surface area contributed by atoms with Crippen LogP contribution in [-0.4, -0.2) is 53.0 Å². The number of nitrogens with zero attached hydrogens (tertiary/aromatic N) is 2. The van der Waals surface area contributed by atoms with E-state index in [1.165, 1.54) is 5.56 Å². The number of amides is 1. The summed E-state index contributed by atoms with van der Waals surface area (Å²) in [6.45, 7) is 12.1. The van der Waals surface area contributed by atoms with Crippen molar-refractivity contribution in [2.24, 2.45) is 11.8 Å². The van der Waals surface area contributed by atoms with Gasteiger partial charge in [-0.05, 0) is 84.7 Å². The number of aromatic hydroxyl groups is 1. The van der Waals surface area contributed by atoms with Gasteiger partial charge in [-0.15, -0.1) is 6.58 Å². The number of likely N-dealkylation sites (tertiary alicyclic amines) is 1. The SMILES string of the molecule is C=CCN1CCC2(c3cccc(O)c3)CC(N(CC(C)C)C(=O)c3ccc4ccccc4c3)CCC2C1. The number of fused-ring (bicyclic) bond motifs is 2. The van der Waals surface area contributed by atoms with Crippen molar-refractivity contribution in [3.63, 3.8) is 0 Å². The van der Waals surface area contributed by atoms with Crippen LogP contribution in [0.4, 0.5) is 0 Å². The molecule has 5 rings (SSSR count). The molecule has 1 amide bonds. The van der Waals surface area contributed by atoms with Crippen molar-refractivity contribution >= 4 is 16.7 Å². The summed E-state index contributed by atoms with van der Waals surface area (Å²) in [5, 5.41) is 12.7. The topological polar surface area (TPSA) is 43.8 Å². The van der Waals surface area contributed by atoms with Gasteiger partial charge in [0, 0.05) is 36.7 Å². The zero-order valence-corrected chi connectivity index (χ0v) is 22.3. The lowest BCUT2D eigenvalue weighted by atomic mass is 9.57. The van der Waals surface area contributed by atoms with Gasteiger partial charge in [-0.2, -0.15) is 0 Å². The maximum Gasteiger partial charge on any atom is 0.254 e. The van der Waals surface area contributed by atoms with Gasteiger partial charge in [0.25, 0.3) is 5.91 Å². The molecule has 0 aromatic heterocycles. The first-order chi connectivity index (χ1) is 17.9. The molecule has 4 nitrogen and oxygen atoms in total. The minimum atomic E-state index is -0.0434. The highest BCUT2D eigenvalue weighted by atomic mass is 16.3. The summed E-state index contributed by atoms with van der Waals surface area (Å²) in [5.74, 6) is 1.34. The van der Waals surface area contributed by atoms with Gasteiger partial charge in [-0.25, -0.2) is 0 Å². The molecule has 3 aromatic carbocycles. The maximum atomic E-state index is 14.1. The molecule has 0 bridgehead atoms. The van der Waals surface area contributed by atoms with Crippen molar-refractivity contribution in [1.29, 1.82) is 0 Å². The smallest absolute Gasteiger partial charge is 0.254 e. The van der Waals surface area contributed by atoms with Gasteiger partial charge in [0.1, 0.15) is 5.75 Å². The fourth-order valence-corrected chi connectivity index (χ4v) is 6.90. The lowest BCUT2D eigenvalue weighted by molar-refractivity contribution is 0.0138. The average Bonchev–Trinajstić information content (AvgIpc) is 2.91. The van der Waals surface area contributed by atoms with E-state index in [2.05, 4.69) is 60.6 Å². The predicted molar refractivity (Wildman–Crippen MR) is 152 cm³/mol. The third kappa shape index (κ3) is 5.17. The Morgan fingerprint density at radius 3 is 2.68 bits per heavy atom. The van der Waals surface area contributed by atoms with Crippen molar-refractivity contribution in [3.8, 4) is 5.75 Å². The van der Waals surface area contributed by atoms with E-state index in [0.717, 1.165) is 68.2 Å². The normalized spacial score (nSPS) is 24.1. The highest BCUT2D eigenvalue weighted by molar-refractivity contribution is 5.98. The van der Waals surface area contributed by atoms with Gasteiger partial charge in [0.15, 0.2) is 0 Å². The fourth-order valence-electron chi connectivity index (χ4n) is 6.90. The Balaban J connectivity index is 1.49. The molecule has 3 atom stereocenters. The highest BCUT2D eigenvalue weighted by Gasteiger charge is 2.49. The molecule has 1 aliphatic carbocycles. The molecule has 37 heavy (non-hydrogen) atoms. The van der Waals surface area contributed by atoms with Crippen LogP contribution in [0.2, 0.25) is 0 Å². The lowest BCUT2D eigenvalue weighted by Crippen LogP contribution is -2.57. The van der Waals surface area contributed by atoms with E-state index in [-0.39, 0.29) is 17.4 Å². The van der Waals surface area contributed by atoms with Gasteiger partial charge in [-0.1, -0.05) is 62.4 Å². The van der Waals surface area contributed by atoms with E-state index in [1.54, 1.807) is 6.07 Å². The summed E-state index contributed by atoms with van der Waals surface area (Å²) in [7, 11) is 0. The molecule has 1 saturated heterocycles. The molecule has 1 heterocycles. The first-order valence-corrected chi connectivity index (χ1v) is 13.8. The summed E-state index contributed by atoms with van der Waals surface area (Å²) < 4.78 is 0. The van der Waals surface area contributed by atoms with Crippen molar-refractivity contribution in [3.05, 3.63) is 90.5 Å². The van der Waals surface area contributed by atoms with E-state index in [0.29, 0.717) is 17.6 Å². The van der Waals surface area contributed by atoms with Crippen molar-refractivity contribution in [2.45, 2.75) is 51.0 Å². The molecule has 0 spiro atoms. The van der Waals surface area contributed by atoms with Gasteiger partial charge < -0.3 is 10.0 Å². The Bertz CT molecular complexity index is 1270. The molecular formula is C33H40N2O2. The Morgan fingerprint density at radius 2 is 1.92 bits per heavy atom. The van der Waals surface area contributed by atoms with E-state index < -0.39 is 0 Å². The number of rotatable bonds is 7. The number of phenols is 1. The van der Waals surface area contributed by atoms with Crippen molar-refractivity contribution in [2.75, 3.05) is 26.2 Å². The second kappa shape index (κ2) is 10.7. The number of carbonyl (C=O) groups is 1. The fraction of sp³-hybridized carbons (Fsp3) is 0.424. The van der Waals surface area contributed by atoms with Gasteiger partial charge in [-0.3, -0.25) is 9.69 Å². The third-order valence-electron chi connectivity index (χ3n) is 8.65. The zero-order chi connectivity index (χ0) is 26.0. The average molecular weight is 497 g/mol. The Morgan fingerprint density at radius 1 is 1.11 bits per heavy atom.